The van der Waals surface area contributed by atoms with Gasteiger partial charge >= 0.3 is 6.09 Å². The van der Waals surface area contributed by atoms with Gasteiger partial charge in [0.05, 0.1) is 6.04 Å². The van der Waals surface area contributed by atoms with E-state index in [0.29, 0.717) is 5.92 Å². The van der Waals surface area contributed by atoms with Gasteiger partial charge in [-0.05, 0) is 49.9 Å². The molecule has 4 nitrogen and oxygen atoms in total. The first kappa shape index (κ1) is 17.1. The summed E-state index contributed by atoms with van der Waals surface area (Å²) in [4.78, 5) is 15.1. The fraction of sp³-hybridized carbons (Fsp3) is 0.409. The molecule has 0 spiro atoms. The Morgan fingerprint density at radius 3 is 2.46 bits per heavy atom. The van der Waals surface area contributed by atoms with Crippen molar-refractivity contribution in [3.05, 3.63) is 71.3 Å². The molecule has 4 heteroatoms. The van der Waals surface area contributed by atoms with Gasteiger partial charge < -0.3 is 10.1 Å². The number of hydrogen-bond donors (Lipinski definition) is 1. The molecule has 0 aliphatic carbocycles. The average Bonchev–Trinajstić information content (AvgIpc) is 2.68. The number of alkyl carbamates (subject to hydrolysis) is 1. The van der Waals surface area contributed by atoms with Gasteiger partial charge in [-0.2, -0.15) is 0 Å². The molecular weight excluding hydrogens is 324 g/mol. The van der Waals surface area contributed by atoms with Crippen LogP contribution >= 0.6 is 0 Å². The van der Waals surface area contributed by atoms with E-state index < -0.39 is 0 Å². The van der Waals surface area contributed by atoms with Crippen molar-refractivity contribution in [2.75, 3.05) is 19.6 Å². The fourth-order valence-electron chi connectivity index (χ4n) is 4.19. The Morgan fingerprint density at radius 1 is 1.08 bits per heavy atom. The van der Waals surface area contributed by atoms with Crippen LogP contribution in [0, 0.1) is 12.8 Å². The minimum Gasteiger partial charge on any atom is -0.445 e. The van der Waals surface area contributed by atoms with E-state index in [0.717, 1.165) is 43.6 Å². The van der Waals surface area contributed by atoms with E-state index in [2.05, 4.69) is 35.3 Å². The molecule has 1 amide bonds. The summed E-state index contributed by atoms with van der Waals surface area (Å²) in [7, 11) is 0. The Hall–Kier alpha value is -2.33. The molecular formula is C22H26N2O2. The first-order chi connectivity index (χ1) is 12.7. The molecule has 0 saturated carbocycles. The van der Waals surface area contributed by atoms with Crippen LogP contribution < -0.4 is 5.32 Å². The third-order valence-electron chi connectivity index (χ3n) is 5.63. The molecule has 0 unspecified atom stereocenters. The highest BCUT2D eigenvalue weighted by Gasteiger charge is 2.36. The van der Waals surface area contributed by atoms with E-state index >= 15 is 0 Å². The van der Waals surface area contributed by atoms with E-state index in [4.69, 9.17) is 4.74 Å². The Labute approximate surface area is 155 Å². The van der Waals surface area contributed by atoms with Crippen LogP contribution in [-0.2, 0) is 4.74 Å². The van der Waals surface area contributed by atoms with Crippen LogP contribution in [0.15, 0.2) is 54.6 Å². The summed E-state index contributed by atoms with van der Waals surface area (Å²) >= 11 is 0. The highest BCUT2D eigenvalue weighted by atomic mass is 16.6. The monoisotopic (exact) mass is 350 g/mol. The third-order valence-corrected chi connectivity index (χ3v) is 5.63. The number of hydrogen-bond acceptors (Lipinski definition) is 3. The number of nitrogens with one attached hydrogen (secondary N) is 1. The lowest BCUT2D eigenvalue weighted by molar-refractivity contribution is -0.0336. The number of benzene rings is 2. The molecule has 3 saturated heterocycles. The van der Waals surface area contributed by atoms with Crippen LogP contribution in [0.25, 0.3) is 0 Å². The normalized spacial score (nSPS) is 25.5. The number of fused-ring (bicyclic) bond motifs is 3. The molecule has 3 aliphatic rings. The van der Waals surface area contributed by atoms with Crippen molar-refractivity contribution >= 4 is 6.09 Å². The molecule has 2 atom stereocenters. The molecule has 3 fully saturated rings. The predicted octanol–water partition coefficient (Wildman–Crippen LogP) is 3.90. The Kier molecular flexibility index (Phi) is 4.93. The van der Waals surface area contributed by atoms with Gasteiger partial charge in [-0.3, -0.25) is 4.90 Å². The van der Waals surface area contributed by atoms with Crippen molar-refractivity contribution in [2.24, 2.45) is 5.92 Å². The second kappa shape index (κ2) is 7.50. The largest absolute Gasteiger partial charge is 0.445 e. The first-order valence-electron chi connectivity index (χ1n) is 9.50. The van der Waals surface area contributed by atoms with E-state index in [1.807, 2.05) is 36.4 Å². The van der Waals surface area contributed by atoms with Gasteiger partial charge in [-0.15, -0.1) is 0 Å². The Bertz CT molecular complexity index is 754. The molecule has 2 bridgehead atoms. The summed E-state index contributed by atoms with van der Waals surface area (Å²) in [5, 5.41) is 3.10. The standard InChI is InChI=1S/C22H26N2O2/c1-16-6-5-9-19(14-16)21(18-7-3-2-4-8-18)23-22(25)26-20-15-24-12-10-17(20)11-13-24/h2-9,14,17,20-21H,10-13,15H2,1H3,(H,23,25)/t20-,21-/m0/s1. The van der Waals surface area contributed by atoms with E-state index in [1.54, 1.807) is 0 Å². The van der Waals surface area contributed by atoms with Crippen molar-refractivity contribution < 1.29 is 9.53 Å². The Morgan fingerprint density at radius 2 is 1.81 bits per heavy atom. The summed E-state index contributed by atoms with van der Waals surface area (Å²) in [5.41, 5.74) is 3.31. The summed E-state index contributed by atoms with van der Waals surface area (Å²) in [6, 6.07) is 18.1. The second-order valence-corrected chi connectivity index (χ2v) is 7.48. The van der Waals surface area contributed by atoms with Gasteiger partial charge in [-0.1, -0.05) is 60.2 Å². The molecule has 3 heterocycles. The zero-order chi connectivity index (χ0) is 17.9. The average molecular weight is 350 g/mol. The summed E-state index contributed by atoms with van der Waals surface area (Å²) in [5.74, 6) is 0.514. The number of piperidine rings is 3. The number of nitrogens with zero attached hydrogens (tertiary/aromatic N) is 1. The lowest BCUT2D eigenvalue weighted by Crippen LogP contribution is -2.52. The SMILES string of the molecule is Cc1cccc([C@@H](NC(=O)O[C@H]2CN3CCC2CC3)c2ccccc2)c1. The molecule has 3 aliphatic heterocycles. The van der Waals surface area contributed by atoms with Gasteiger partial charge in [0.1, 0.15) is 6.10 Å². The van der Waals surface area contributed by atoms with Crippen LogP contribution in [0.1, 0.15) is 35.6 Å². The number of carbonyl (C=O) groups is 1. The van der Waals surface area contributed by atoms with E-state index in [9.17, 15) is 4.79 Å². The van der Waals surface area contributed by atoms with Crippen molar-refractivity contribution in [3.63, 3.8) is 0 Å². The quantitative estimate of drug-likeness (QED) is 0.909. The second-order valence-electron chi connectivity index (χ2n) is 7.48. The highest BCUT2D eigenvalue weighted by Crippen LogP contribution is 2.30. The zero-order valence-corrected chi connectivity index (χ0v) is 15.2. The predicted molar refractivity (Wildman–Crippen MR) is 102 cm³/mol. The zero-order valence-electron chi connectivity index (χ0n) is 15.2. The topological polar surface area (TPSA) is 41.6 Å². The van der Waals surface area contributed by atoms with Crippen LogP contribution in [0.2, 0.25) is 0 Å². The highest BCUT2D eigenvalue weighted by molar-refractivity contribution is 5.69. The fourth-order valence-corrected chi connectivity index (χ4v) is 4.19. The number of aryl methyl sites for hydroxylation is 1. The van der Waals surface area contributed by atoms with E-state index in [1.165, 1.54) is 5.56 Å². The van der Waals surface area contributed by atoms with Crippen LogP contribution in [0.5, 0.6) is 0 Å². The van der Waals surface area contributed by atoms with Gasteiger partial charge in [0, 0.05) is 6.54 Å². The third kappa shape index (κ3) is 3.75. The number of carbonyl (C=O) groups excluding carboxylic acids is 1. The molecule has 2 aromatic carbocycles. The molecule has 26 heavy (non-hydrogen) atoms. The molecule has 136 valence electrons. The van der Waals surface area contributed by atoms with Gasteiger partial charge in [0.2, 0.25) is 0 Å². The molecule has 0 aromatic heterocycles. The number of amides is 1. The Balaban J connectivity index is 1.50. The van der Waals surface area contributed by atoms with Gasteiger partial charge in [0.25, 0.3) is 0 Å². The summed E-state index contributed by atoms with van der Waals surface area (Å²) < 4.78 is 5.84. The van der Waals surface area contributed by atoms with E-state index in [-0.39, 0.29) is 18.2 Å². The minimum atomic E-state index is -0.320. The van der Waals surface area contributed by atoms with Crippen LogP contribution in [0.3, 0.4) is 0 Å². The van der Waals surface area contributed by atoms with Gasteiger partial charge in [0.15, 0.2) is 0 Å². The lowest BCUT2D eigenvalue weighted by atomic mass is 9.86. The first-order valence-corrected chi connectivity index (χ1v) is 9.50. The van der Waals surface area contributed by atoms with Crippen molar-refractivity contribution in [3.8, 4) is 0 Å². The maximum atomic E-state index is 12.7. The molecule has 5 rings (SSSR count). The summed E-state index contributed by atoms with van der Waals surface area (Å²) in [6.07, 6.45) is 1.97. The van der Waals surface area contributed by atoms with Crippen molar-refractivity contribution in [2.45, 2.75) is 31.9 Å². The van der Waals surface area contributed by atoms with Crippen molar-refractivity contribution in [1.82, 2.24) is 10.2 Å². The van der Waals surface area contributed by atoms with Crippen LogP contribution in [-0.4, -0.2) is 36.7 Å². The molecule has 1 N–H and O–H groups in total. The molecule has 0 radical (unpaired) electrons. The molecule has 2 aromatic rings. The van der Waals surface area contributed by atoms with Crippen LogP contribution in [0.4, 0.5) is 4.79 Å². The smallest absolute Gasteiger partial charge is 0.408 e. The summed E-state index contributed by atoms with van der Waals surface area (Å²) in [6.45, 7) is 5.22. The van der Waals surface area contributed by atoms with Gasteiger partial charge in [-0.25, -0.2) is 4.79 Å². The number of rotatable bonds is 4. The maximum Gasteiger partial charge on any atom is 0.408 e. The lowest BCUT2D eigenvalue weighted by Gasteiger charge is -2.43. The number of ether oxygens (including phenoxy) is 1. The minimum absolute atomic E-state index is 0.0198. The maximum absolute atomic E-state index is 12.7. The van der Waals surface area contributed by atoms with Crippen molar-refractivity contribution in [1.29, 1.82) is 0 Å².